The van der Waals surface area contributed by atoms with E-state index in [-0.39, 0.29) is 23.4 Å². The molecule has 1 unspecified atom stereocenters. The summed E-state index contributed by atoms with van der Waals surface area (Å²) in [6.07, 6.45) is 3.36. The van der Waals surface area contributed by atoms with Gasteiger partial charge in [0.2, 0.25) is 0 Å². The van der Waals surface area contributed by atoms with Crippen molar-refractivity contribution in [2.75, 3.05) is 29.6 Å². The highest BCUT2D eigenvalue weighted by Gasteiger charge is 2.22. The highest BCUT2D eigenvalue weighted by atomic mass is 32.2. The standard InChI is InChI=1S/C24H24F2N6O3S3/c1-38(34)31-14-8-10-32(11-9-14)20-5-3-2-4-17(20)27-21(33)19-13-36-24(30-19)37-23-28-16-7-6-15(35-22(25)26)12-18(16)29-23/h2-7,12-14,22,31H,8-11H2,1H3,(H,27,33)(H,28,29). The molecule has 1 aliphatic rings. The highest BCUT2D eigenvalue weighted by Crippen LogP contribution is 2.32. The van der Waals surface area contributed by atoms with Crippen molar-refractivity contribution in [2.45, 2.75) is 35.0 Å². The van der Waals surface area contributed by atoms with Gasteiger partial charge in [0, 0.05) is 36.8 Å². The molecule has 200 valence electrons. The first-order chi connectivity index (χ1) is 18.3. The minimum absolute atomic E-state index is 0.0413. The number of hydrogen-bond donors (Lipinski definition) is 3. The molecular formula is C24H24F2N6O3S3. The number of benzene rings is 2. The molecule has 38 heavy (non-hydrogen) atoms. The van der Waals surface area contributed by atoms with E-state index in [1.54, 1.807) is 17.7 Å². The Morgan fingerprint density at radius 3 is 2.79 bits per heavy atom. The van der Waals surface area contributed by atoms with Crippen molar-refractivity contribution < 1.29 is 22.5 Å². The number of fused-ring (bicyclic) bond motifs is 1. The zero-order chi connectivity index (χ0) is 26.6. The Morgan fingerprint density at radius 2 is 2.03 bits per heavy atom. The van der Waals surface area contributed by atoms with Crippen molar-refractivity contribution >= 4 is 62.4 Å². The molecule has 1 amide bonds. The maximum absolute atomic E-state index is 13.0. The van der Waals surface area contributed by atoms with Gasteiger partial charge in [0.15, 0.2) is 9.50 Å². The van der Waals surface area contributed by atoms with E-state index in [1.165, 1.54) is 35.2 Å². The van der Waals surface area contributed by atoms with Crippen LogP contribution in [0.3, 0.4) is 0 Å². The normalized spacial score (nSPS) is 15.2. The number of nitrogens with zero attached hydrogens (tertiary/aromatic N) is 3. The number of ether oxygens (including phenoxy) is 1. The lowest BCUT2D eigenvalue weighted by molar-refractivity contribution is -0.0497. The van der Waals surface area contributed by atoms with Crippen molar-refractivity contribution in [3.8, 4) is 5.75 Å². The van der Waals surface area contributed by atoms with Crippen LogP contribution in [0.25, 0.3) is 11.0 Å². The monoisotopic (exact) mass is 578 g/mol. The molecule has 1 aliphatic heterocycles. The number of anilines is 2. The van der Waals surface area contributed by atoms with Gasteiger partial charge in [-0.2, -0.15) is 8.78 Å². The number of imidazole rings is 1. The summed E-state index contributed by atoms with van der Waals surface area (Å²) in [7, 11) is -1.04. The maximum atomic E-state index is 13.0. The number of piperidine rings is 1. The number of carbonyl (C=O) groups excluding carboxylic acids is 1. The molecule has 1 atom stereocenters. The molecule has 3 N–H and O–H groups in total. The van der Waals surface area contributed by atoms with Crippen LogP contribution in [0.1, 0.15) is 23.3 Å². The van der Waals surface area contributed by atoms with Crippen LogP contribution in [0.4, 0.5) is 20.2 Å². The summed E-state index contributed by atoms with van der Waals surface area (Å²) in [4.78, 5) is 27.2. The Hall–Kier alpha value is -3.07. The second kappa shape index (κ2) is 11.8. The number of carbonyl (C=O) groups is 1. The fourth-order valence-corrected chi connectivity index (χ4v) is 6.61. The predicted octanol–water partition coefficient (Wildman–Crippen LogP) is 4.88. The number of thiazole rings is 1. The molecule has 1 saturated heterocycles. The molecule has 14 heteroatoms. The fraction of sp³-hybridized carbons (Fsp3) is 0.292. The van der Waals surface area contributed by atoms with E-state index in [4.69, 9.17) is 0 Å². The van der Waals surface area contributed by atoms with Gasteiger partial charge in [0.25, 0.3) is 5.91 Å². The number of halogens is 2. The average Bonchev–Trinajstić information content (AvgIpc) is 3.51. The Kier molecular flexibility index (Phi) is 8.21. The van der Waals surface area contributed by atoms with Gasteiger partial charge in [-0.05, 0) is 48.9 Å². The first-order valence-corrected chi connectivity index (χ1v) is 14.9. The summed E-state index contributed by atoms with van der Waals surface area (Å²) in [5.74, 6) is -0.281. The van der Waals surface area contributed by atoms with Gasteiger partial charge >= 0.3 is 6.61 Å². The number of H-pyrrole nitrogens is 1. The quantitative estimate of drug-likeness (QED) is 0.260. The molecular weight excluding hydrogens is 555 g/mol. The topological polar surface area (TPSA) is 112 Å². The van der Waals surface area contributed by atoms with E-state index < -0.39 is 17.6 Å². The highest BCUT2D eigenvalue weighted by molar-refractivity contribution is 8.00. The van der Waals surface area contributed by atoms with Crippen LogP contribution in [0.2, 0.25) is 0 Å². The predicted molar refractivity (Wildman–Crippen MR) is 146 cm³/mol. The SMILES string of the molecule is CS(=O)NC1CCN(c2ccccc2NC(=O)c2csc(Sc3nc4ccc(OC(F)F)cc4[nH]3)n2)CC1. The van der Waals surface area contributed by atoms with E-state index in [2.05, 4.69) is 34.6 Å². The van der Waals surface area contributed by atoms with Gasteiger partial charge in [-0.25, -0.2) is 18.9 Å². The second-order valence-corrected chi connectivity index (χ2v) is 11.7. The lowest BCUT2D eigenvalue weighted by atomic mass is 10.0. The molecule has 0 bridgehead atoms. The first-order valence-electron chi connectivity index (χ1n) is 11.7. The Balaban J connectivity index is 1.23. The lowest BCUT2D eigenvalue weighted by Gasteiger charge is -2.34. The van der Waals surface area contributed by atoms with E-state index in [9.17, 15) is 17.8 Å². The molecule has 9 nitrogen and oxygen atoms in total. The summed E-state index contributed by atoms with van der Waals surface area (Å²) in [5.41, 5.74) is 3.07. The van der Waals surface area contributed by atoms with Crippen LogP contribution < -0.4 is 19.7 Å². The van der Waals surface area contributed by atoms with Gasteiger partial charge in [0.1, 0.15) is 11.4 Å². The molecule has 3 heterocycles. The van der Waals surface area contributed by atoms with Crippen LogP contribution in [0.15, 0.2) is 57.3 Å². The number of rotatable bonds is 9. The minimum atomic E-state index is -2.90. The van der Waals surface area contributed by atoms with Gasteiger partial charge in [-0.15, -0.1) is 11.3 Å². The van der Waals surface area contributed by atoms with Gasteiger partial charge in [0.05, 0.1) is 33.4 Å². The van der Waals surface area contributed by atoms with Crippen molar-refractivity contribution in [1.29, 1.82) is 0 Å². The number of aromatic nitrogens is 3. The third-order valence-corrected chi connectivity index (χ3v) is 8.37. The Labute approximate surface area is 228 Å². The number of nitrogens with one attached hydrogen (secondary N) is 3. The summed E-state index contributed by atoms with van der Waals surface area (Å²) >= 11 is 2.55. The van der Waals surface area contributed by atoms with E-state index in [0.29, 0.717) is 26.2 Å². The minimum Gasteiger partial charge on any atom is -0.435 e. The number of alkyl halides is 2. The van der Waals surface area contributed by atoms with Crippen LogP contribution in [-0.4, -0.2) is 57.1 Å². The Bertz CT molecular complexity index is 1460. The summed E-state index contributed by atoms with van der Waals surface area (Å²) in [5, 5.41) is 5.18. The molecule has 2 aromatic heterocycles. The lowest BCUT2D eigenvalue weighted by Crippen LogP contribution is -2.43. The summed E-state index contributed by atoms with van der Waals surface area (Å²) in [6, 6.07) is 12.3. The zero-order valence-corrected chi connectivity index (χ0v) is 22.6. The fourth-order valence-electron chi connectivity index (χ4n) is 4.20. The number of para-hydroxylation sites is 2. The average molecular weight is 579 g/mol. The molecule has 1 fully saturated rings. The second-order valence-electron chi connectivity index (χ2n) is 8.50. The molecule has 0 aliphatic carbocycles. The molecule has 0 radical (unpaired) electrons. The third-order valence-electron chi connectivity index (χ3n) is 5.88. The molecule has 0 saturated carbocycles. The number of hydrogen-bond acceptors (Lipinski definition) is 8. The molecule has 5 rings (SSSR count). The van der Waals surface area contributed by atoms with Crippen molar-refractivity contribution in [3.63, 3.8) is 0 Å². The van der Waals surface area contributed by atoms with Crippen LogP contribution >= 0.6 is 23.1 Å². The van der Waals surface area contributed by atoms with Crippen molar-refractivity contribution in [2.24, 2.45) is 0 Å². The van der Waals surface area contributed by atoms with Gasteiger partial charge < -0.3 is 19.9 Å². The number of amides is 1. The maximum Gasteiger partial charge on any atom is 0.387 e. The van der Waals surface area contributed by atoms with E-state index in [1.807, 2.05) is 24.3 Å². The summed E-state index contributed by atoms with van der Waals surface area (Å²) in [6.45, 7) is -1.33. The zero-order valence-electron chi connectivity index (χ0n) is 20.1. The van der Waals surface area contributed by atoms with Gasteiger partial charge in [-0.1, -0.05) is 12.1 Å². The molecule has 4 aromatic rings. The third kappa shape index (κ3) is 6.49. The molecule has 0 spiro atoms. The van der Waals surface area contributed by atoms with Crippen LogP contribution in [-0.2, 0) is 11.0 Å². The summed E-state index contributed by atoms with van der Waals surface area (Å²) < 4.78 is 44.6. The Morgan fingerprint density at radius 1 is 1.24 bits per heavy atom. The largest absolute Gasteiger partial charge is 0.435 e. The smallest absolute Gasteiger partial charge is 0.387 e. The molecule has 2 aromatic carbocycles. The van der Waals surface area contributed by atoms with Crippen LogP contribution in [0.5, 0.6) is 5.75 Å². The van der Waals surface area contributed by atoms with Crippen molar-refractivity contribution in [1.82, 2.24) is 19.7 Å². The van der Waals surface area contributed by atoms with E-state index >= 15 is 0 Å². The number of aromatic amines is 1. The van der Waals surface area contributed by atoms with Gasteiger partial charge in [-0.3, -0.25) is 4.79 Å². The van der Waals surface area contributed by atoms with Crippen molar-refractivity contribution in [3.05, 3.63) is 53.5 Å². The first kappa shape index (κ1) is 26.5. The van der Waals surface area contributed by atoms with E-state index in [0.717, 1.165) is 31.6 Å². The van der Waals surface area contributed by atoms with Crippen LogP contribution in [0, 0.1) is 0 Å².